The van der Waals surface area contributed by atoms with Crippen LogP contribution in [-0.4, -0.2) is 26.8 Å². The van der Waals surface area contributed by atoms with Crippen molar-refractivity contribution >= 4 is 36.8 Å². The second kappa shape index (κ2) is 11.2. The molecule has 0 saturated heterocycles. The lowest BCUT2D eigenvalue weighted by molar-refractivity contribution is 0.370. The largest absolute Gasteiger partial charge is 0.371 e. The average Bonchev–Trinajstić information content (AvgIpc) is 2.24. The fourth-order valence-electron chi connectivity index (χ4n) is 1.70. The summed E-state index contributed by atoms with van der Waals surface area (Å²) in [6.07, 6.45) is 8.50. The van der Waals surface area contributed by atoms with E-state index in [9.17, 15) is 4.57 Å². The Labute approximate surface area is 121 Å². The van der Waals surface area contributed by atoms with Crippen LogP contribution in [0.2, 0.25) is 0 Å². The van der Waals surface area contributed by atoms with E-state index in [0.717, 1.165) is 32.2 Å². The first-order valence-corrected chi connectivity index (χ1v) is 9.08. The van der Waals surface area contributed by atoms with E-state index in [4.69, 9.17) is 22.0 Å². The molecule has 4 nitrogen and oxygen atoms in total. The summed E-state index contributed by atoms with van der Waals surface area (Å²) >= 11 is 8.75. The number of hydrogen-bond donors (Lipinski definition) is 4. The molecule has 7 heteroatoms. The monoisotopic (exact) mass is 313 g/mol. The lowest BCUT2D eigenvalue weighted by Gasteiger charge is -2.04. The van der Waals surface area contributed by atoms with Gasteiger partial charge in [-0.2, -0.15) is 0 Å². The molecule has 108 valence electrons. The van der Waals surface area contributed by atoms with Crippen molar-refractivity contribution in [2.24, 2.45) is 0 Å². The zero-order chi connectivity index (χ0) is 13.9. The van der Waals surface area contributed by atoms with Crippen LogP contribution >= 0.6 is 32.4 Å². The Bertz CT molecular complexity index is 271. The van der Waals surface area contributed by atoms with Crippen molar-refractivity contribution in [3.8, 4) is 0 Å². The molecule has 0 amide bonds. The Hall–Kier alpha value is 0.390. The highest BCUT2D eigenvalue weighted by molar-refractivity contribution is 8.11. The predicted molar refractivity (Wildman–Crippen MR) is 83.4 cm³/mol. The minimum Gasteiger partial charge on any atom is -0.371 e. The molecule has 0 aromatic rings. The Morgan fingerprint density at radius 3 is 1.89 bits per heavy atom. The quantitative estimate of drug-likeness (QED) is 0.204. The molecule has 0 bridgehead atoms. The lowest BCUT2D eigenvalue weighted by Crippen LogP contribution is -2.17. The first-order chi connectivity index (χ1) is 8.42. The molecule has 0 fully saturated rings. The van der Waals surface area contributed by atoms with Gasteiger partial charge >= 0.3 is 7.60 Å². The van der Waals surface area contributed by atoms with Gasteiger partial charge in [0.1, 0.15) is 4.32 Å². The van der Waals surface area contributed by atoms with Gasteiger partial charge in [-0.05, 0) is 12.8 Å². The van der Waals surface area contributed by atoms with E-state index < -0.39 is 7.60 Å². The third-order valence-corrected chi connectivity index (χ3v) is 3.85. The standard InChI is InChI=1S/C11H24NO3PS2/c13-16(14,15)10-8-6-4-2-1-3-5-7-9-12-11(17)18/h1-10H2,(H2,12,17,18)(H2,13,14,15). The molecule has 18 heavy (non-hydrogen) atoms. The van der Waals surface area contributed by atoms with E-state index in [0.29, 0.717) is 10.7 Å². The van der Waals surface area contributed by atoms with Gasteiger partial charge in [0.2, 0.25) is 0 Å². The minimum atomic E-state index is -3.77. The van der Waals surface area contributed by atoms with E-state index in [1.165, 1.54) is 19.3 Å². The Morgan fingerprint density at radius 2 is 1.44 bits per heavy atom. The number of hydrogen-bond acceptors (Lipinski definition) is 2. The number of thiol groups is 1. The number of nitrogens with one attached hydrogen (secondary N) is 1. The van der Waals surface area contributed by atoms with Gasteiger partial charge in [0.25, 0.3) is 0 Å². The third-order valence-electron chi connectivity index (χ3n) is 2.65. The van der Waals surface area contributed by atoms with Crippen LogP contribution in [0, 0.1) is 0 Å². The maximum absolute atomic E-state index is 10.6. The van der Waals surface area contributed by atoms with E-state index in [-0.39, 0.29) is 6.16 Å². The highest BCUT2D eigenvalue weighted by Gasteiger charge is 2.10. The number of thiocarbonyl (C=S) groups is 1. The molecule has 0 spiro atoms. The number of unbranched alkanes of at least 4 members (excludes halogenated alkanes) is 7. The predicted octanol–water partition coefficient (Wildman–Crippen LogP) is 3.09. The first kappa shape index (κ1) is 18.4. The molecule has 0 unspecified atom stereocenters. The summed E-state index contributed by atoms with van der Waals surface area (Å²) in [5.41, 5.74) is 0. The molecule has 0 atom stereocenters. The van der Waals surface area contributed by atoms with Gasteiger partial charge in [0.15, 0.2) is 0 Å². The molecule has 0 aromatic heterocycles. The van der Waals surface area contributed by atoms with Crippen LogP contribution in [-0.2, 0) is 4.57 Å². The summed E-state index contributed by atoms with van der Waals surface area (Å²) in [5, 5.41) is 3.00. The molecule has 0 saturated carbocycles. The van der Waals surface area contributed by atoms with E-state index in [1.54, 1.807) is 0 Å². The summed E-state index contributed by atoms with van der Waals surface area (Å²) in [6.45, 7) is 0.893. The lowest BCUT2D eigenvalue weighted by atomic mass is 10.1. The molecular weight excluding hydrogens is 289 g/mol. The van der Waals surface area contributed by atoms with Gasteiger partial charge in [-0.3, -0.25) is 4.57 Å². The zero-order valence-corrected chi connectivity index (χ0v) is 13.3. The topological polar surface area (TPSA) is 69.6 Å². The van der Waals surface area contributed by atoms with Crippen LogP contribution in [0.15, 0.2) is 0 Å². The minimum absolute atomic E-state index is 0.0301. The van der Waals surface area contributed by atoms with Gasteiger partial charge < -0.3 is 15.1 Å². The van der Waals surface area contributed by atoms with Crippen LogP contribution in [0.4, 0.5) is 0 Å². The molecule has 0 heterocycles. The Balaban J connectivity index is 3.08. The molecule has 0 aliphatic rings. The van der Waals surface area contributed by atoms with Crippen LogP contribution in [0.25, 0.3) is 0 Å². The second-order valence-electron chi connectivity index (χ2n) is 4.45. The van der Waals surface area contributed by atoms with Crippen LogP contribution in [0.3, 0.4) is 0 Å². The van der Waals surface area contributed by atoms with Gasteiger partial charge in [0.05, 0.1) is 0 Å². The van der Waals surface area contributed by atoms with Crippen molar-refractivity contribution < 1.29 is 14.4 Å². The molecule has 0 aromatic carbocycles. The third kappa shape index (κ3) is 16.4. The van der Waals surface area contributed by atoms with Gasteiger partial charge in [-0.1, -0.05) is 50.7 Å². The van der Waals surface area contributed by atoms with Crippen molar-refractivity contribution in [1.29, 1.82) is 0 Å². The van der Waals surface area contributed by atoms with Crippen LogP contribution < -0.4 is 5.32 Å². The zero-order valence-electron chi connectivity index (χ0n) is 10.7. The summed E-state index contributed by atoms with van der Waals surface area (Å²) in [5.74, 6) is 0. The van der Waals surface area contributed by atoms with Crippen LogP contribution in [0.1, 0.15) is 51.4 Å². The van der Waals surface area contributed by atoms with Crippen molar-refractivity contribution in [3.63, 3.8) is 0 Å². The number of rotatable bonds is 11. The highest BCUT2D eigenvalue weighted by Crippen LogP contribution is 2.35. The molecule has 0 aliphatic heterocycles. The van der Waals surface area contributed by atoms with Crippen LogP contribution in [0.5, 0.6) is 0 Å². The Kier molecular flexibility index (Phi) is 11.5. The smallest absolute Gasteiger partial charge is 0.325 e. The summed E-state index contributed by atoms with van der Waals surface area (Å²) in [6, 6.07) is 0. The first-order valence-electron chi connectivity index (χ1n) is 6.43. The summed E-state index contributed by atoms with van der Waals surface area (Å²) in [7, 11) is -3.77. The van der Waals surface area contributed by atoms with Gasteiger partial charge in [-0.15, -0.1) is 12.6 Å². The molecular formula is C11H24NO3PS2. The van der Waals surface area contributed by atoms with Crippen molar-refractivity contribution in [1.82, 2.24) is 5.32 Å². The van der Waals surface area contributed by atoms with Crippen molar-refractivity contribution in [2.75, 3.05) is 12.7 Å². The fraction of sp³-hybridized carbons (Fsp3) is 0.909. The van der Waals surface area contributed by atoms with E-state index in [2.05, 4.69) is 17.9 Å². The Morgan fingerprint density at radius 1 is 1.00 bits per heavy atom. The second-order valence-corrected chi connectivity index (χ2v) is 7.38. The SMILES string of the molecule is O=P(O)(O)CCCCCCCCCCNC(=S)S. The maximum Gasteiger partial charge on any atom is 0.325 e. The maximum atomic E-state index is 10.6. The summed E-state index contributed by atoms with van der Waals surface area (Å²) in [4.78, 5) is 17.3. The average molecular weight is 313 g/mol. The summed E-state index contributed by atoms with van der Waals surface area (Å²) < 4.78 is 11.1. The molecule has 0 rings (SSSR count). The van der Waals surface area contributed by atoms with Gasteiger partial charge in [0, 0.05) is 12.7 Å². The normalized spacial score (nSPS) is 11.5. The van der Waals surface area contributed by atoms with Gasteiger partial charge in [-0.25, -0.2) is 0 Å². The highest BCUT2D eigenvalue weighted by atomic mass is 32.1. The van der Waals surface area contributed by atoms with Crippen molar-refractivity contribution in [3.05, 3.63) is 0 Å². The molecule has 3 N–H and O–H groups in total. The fourth-order valence-corrected chi connectivity index (χ4v) is 2.55. The molecule has 0 radical (unpaired) electrons. The van der Waals surface area contributed by atoms with E-state index in [1.807, 2.05) is 0 Å². The van der Waals surface area contributed by atoms with E-state index >= 15 is 0 Å². The van der Waals surface area contributed by atoms with Crippen molar-refractivity contribution in [2.45, 2.75) is 51.4 Å². The molecule has 0 aliphatic carbocycles.